The highest BCUT2D eigenvalue weighted by atomic mass is 79.9. The van der Waals surface area contributed by atoms with Crippen molar-refractivity contribution in [1.29, 1.82) is 0 Å². The summed E-state index contributed by atoms with van der Waals surface area (Å²) in [6.45, 7) is 1.61. The molecule has 3 aromatic carbocycles. The molecule has 0 spiro atoms. The van der Waals surface area contributed by atoms with E-state index < -0.39 is 5.91 Å². The zero-order chi connectivity index (χ0) is 24.7. The summed E-state index contributed by atoms with van der Waals surface area (Å²) >= 11 is 15.6. The van der Waals surface area contributed by atoms with Gasteiger partial charge in [-0.1, -0.05) is 35.3 Å². The number of hydrazone groups is 1. The highest BCUT2D eigenvalue weighted by Gasteiger charge is 2.13. The standard InChI is InChI=1S/C24H20BrCl2N3O4/c1-14(31)29-19-5-3-4-16(10-19)24(32)30-28-12-15-8-20(25)23(22(9-15)33-2)34-13-17-6-7-18(26)11-21(17)27/h3-12H,13H2,1-2H3,(H,29,31)(H,30,32)/b28-12-. The van der Waals surface area contributed by atoms with Crippen LogP contribution >= 0.6 is 39.1 Å². The largest absolute Gasteiger partial charge is 0.493 e. The molecule has 0 heterocycles. The number of rotatable bonds is 8. The molecular weight excluding hydrogens is 545 g/mol. The number of benzene rings is 3. The number of carbonyl (C=O) groups is 2. The molecule has 34 heavy (non-hydrogen) atoms. The Morgan fingerprint density at radius 1 is 1.12 bits per heavy atom. The van der Waals surface area contributed by atoms with Gasteiger partial charge in [0, 0.05) is 33.8 Å². The first-order chi connectivity index (χ1) is 16.3. The second-order valence-electron chi connectivity index (χ2n) is 7.02. The van der Waals surface area contributed by atoms with Crippen LogP contribution in [-0.4, -0.2) is 25.1 Å². The van der Waals surface area contributed by atoms with Crippen LogP contribution in [0.5, 0.6) is 11.5 Å². The predicted octanol–water partition coefficient (Wildman–Crippen LogP) is 6.07. The molecule has 2 N–H and O–H groups in total. The van der Waals surface area contributed by atoms with Gasteiger partial charge in [0.05, 0.1) is 17.8 Å². The van der Waals surface area contributed by atoms with Gasteiger partial charge in [0.25, 0.3) is 5.91 Å². The maximum Gasteiger partial charge on any atom is 0.271 e. The fraction of sp³-hybridized carbons (Fsp3) is 0.125. The van der Waals surface area contributed by atoms with E-state index in [9.17, 15) is 9.59 Å². The third kappa shape index (κ3) is 6.96. The van der Waals surface area contributed by atoms with Crippen molar-refractivity contribution in [2.75, 3.05) is 12.4 Å². The van der Waals surface area contributed by atoms with Crippen molar-refractivity contribution in [3.05, 3.63) is 85.8 Å². The third-order valence-electron chi connectivity index (χ3n) is 4.46. The molecule has 0 aromatic heterocycles. The van der Waals surface area contributed by atoms with Gasteiger partial charge in [0.2, 0.25) is 5.91 Å². The number of nitrogens with one attached hydrogen (secondary N) is 2. The second-order valence-corrected chi connectivity index (χ2v) is 8.72. The number of amides is 2. The summed E-state index contributed by atoms with van der Waals surface area (Å²) in [5.74, 6) is 0.313. The Balaban J connectivity index is 1.69. The molecule has 0 radical (unpaired) electrons. The fourth-order valence-corrected chi connectivity index (χ4v) is 3.95. The van der Waals surface area contributed by atoms with E-state index >= 15 is 0 Å². The Labute approximate surface area is 215 Å². The van der Waals surface area contributed by atoms with Gasteiger partial charge in [-0.2, -0.15) is 5.10 Å². The molecule has 0 saturated carbocycles. The normalized spacial score (nSPS) is 10.7. The maximum atomic E-state index is 12.4. The monoisotopic (exact) mass is 563 g/mol. The van der Waals surface area contributed by atoms with Crippen molar-refractivity contribution in [3.63, 3.8) is 0 Å². The molecule has 7 nitrogen and oxygen atoms in total. The molecule has 0 atom stereocenters. The van der Waals surface area contributed by atoms with E-state index in [0.717, 1.165) is 5.56 Å². The predicted molar refractivity (Wildman–Crippen MR) is 137 cm³/mol. The number of halogens is 3. The van der Waals surface area contributed by atoms with Crippen molar-refractivity contribution in [1.82, 2.24) is 5.43 Å². The maximum absolute atomic E-state index is 12.4. The lowest BCUT2D eigenvalue weighted by molar-refractivity contribution is -0.114. The molecule has 2 amide bonds. The Kier molecular flexibility index (Phi) is 8.92. The first kappa shape index (κ1) is 25.6. The van der Waals surface area contributed by atoms with Gasteiger partial charge in [-0.25, -0.2) is 5.43 Å². The van der Waals surface area contributed by atoms with Crippen molar-refractivity contribution in [3.8, 4) is 11.5 Å². The summed E-state index contributed by atoms with van der Waals surface area (Å²) < 4.78 is 12.0. The number of methoxy groups -OCH3 is 1. The van der Waals surface area contributed by atoms with Crippen LogP contribution in [0.3, 0.4) is 0 Å². The van der Waals surface area contributed by atoms with Crippen LogP contribution in [0.4, 0.5) is 5.69 Å². The Morgan fingerprint density at radius 3 is 2.62 bits per heavy atom. The smallest absolute Gasteiger partial charge is 0.271 e. The summed E-state index contributed by atoms with van der Waals surface area (Å²) in [4.78, 5) is 23.6. The van der Waals surface area contributed by atoms with Crippen LogP contribution in [0.2, 0.25) is 10.0 Å². The molecular formula is C24H20BrCl2N3O4. The molecule has 176 valence electrons. The second kappa shape index (κ2) is 11.9. The van der Waals surface area contributed by atoms with Crippen molar-refractivity contribution in [2.45, 2.75) is 13.5 Å². The number of nitrogens with zero attached hydrogens (tertiary/aromatic N) is 1. The molecule has 0 unspecified atom stereocenters. The van der Waals surface area contributed by atoms with Crippen molar-refractivity contribution < 1.29 is 19.1 Å². The number of anilines is 1. The molecule has 0 aliphatic heterocycles. The Bertz CT molecular complexity index is 1250. The number of hydrogen-bond acceptors (Lipinski definition) is 5. The lowest BCUT2D eigenvalue weighted by Gasteiger charge is -2.14. The average molecular weight is 565 g/mol. The number of carbonyl (C=O) groups excluding carboxylic acids is 2. The van der Waals surface area contributed by atoms with Gasteiger partial charge in [0.15, 0.2) is 11.5 Å². The summed E-state index contributed by atoms with van der Waals surface area (Å²) in [5.41, 5.74) is 4.77. The number of ether oxygens (including phenoxy) is 2. The molecule has 0 bridgehead atoms. The van der Waals surface area contributed by atoms with Crippen LogP contribution in [-0.2, 0) is 11.4 Å². The minimum Gasteiger partial charge on any atom is -0.493 e. The van der Waals surface area contributed by atoms with Crippen LogP contribution in [0, 0.1) is 0 Å². The van der Waals surface area contributed by atoms with Gasteiger partial charge in [-0.3, -0.25) is 9.59 Å². The SMILES string of the molecule is COc1cc(/C=N\NC(=O)c2cccc(NC(C)=O)c2)cc(Br)c1OCc1ccc(Cl)cc1Cl. The highest BCUT2D eigenvalue weighted by Crippen LogP contribution is 2.37. The summed E-state index contributed by atoms with van der Waals surface area (Å²) in [6.07, 6.45) is 1.47. The minimum absolute atomic E-state index is 0.214. The third-order valence-corrected chi connectivity index (χ3v) is 5.64. The van der Waals surface area contributed by atoms with Crippen LogP contribution in [0.1, 0.15) is 28.4 Å². The summed E-state index contributed by atoms with van der Waals surface area (Å²) in [6, 6.07) is 15.2. The summed E-state index contributed by atoms with van der Waals surface area (Å²) in [7, 11) is 1.52. The molecule has 0 aliphatic carbocycles. The molecule has 0 saturated heterocycles. The first-order valence-corrected chi connectivity index (χ1v) is 11.5. The lowest BCUT2D eigenvalue weighted by Crippen LogP contribution is -2.18. The Morgan fingerprint density at radius 2 is 1.91 bits per heavy atom. The van der Waals surface area contributed by atoms with Gasteiger partial charge in [-0.05, 0) is 64.0 Å². The first-order valence-electron chi connectivity index (χ1n) is 9.92. The average Bonchev–Trinajstić information content (AvgIpc) is 2.78. The summed E-state index contributed by atoms with van der Waals surface area (Å²) in [5, 5.41) is 7.69. The zero-order valence-electron chi connectivity index (χ0n) is 18.2. The van der Waals surface area contributed by atoms with Crippen LogP contribution < -0.4 is 20.2 Å². The van der Waals surface area contributed by atoms with E-state index in [1.54, 1.807) is 54.6 Å². The lowest BCUT2D eigenvalue weighted by atomic mass is 10.2. The van der Waals surface area contributed by atoms with E-state index in [2.05, 4.69) is 31.8 Å². The Hall–Kier alpha value is -3.07. The minimum atomic E-state index is -0.422. The van der Waals surface area contributed by atoms with Crippen LogP contribution in [0.15, 0.2) is 64.2 Å². The quantitative estimate of drug-likeness (QED) is 0.257. The van der Waals surface area contributed by atoms with E-state index in [1.165, 1.54) is 20.2 Å². The van der Waals surface area contributed by atoms with Gasteiger partial charge >= 0.3 is 0 Å². The van der Waals surface area contributed by atoms with Crippen molar-refractivity contribution >= 4 is 62.8 Å². The molecule has 3 aromatic rings. The number of hydrogen-bond donors (Lipinski definition) is 2. The van der Waals surface area contributed by atoms with Gasteiger partial charge in [0.1, 0.15) is 6.61 Å². The molecule has 10 heteroatoms. The molecule has 3 rings (SSSR count). The molecule has 0 aliphatic rings. The van der Waals surface area contributed by atoms with E-state index in [1.807, 2.05) is 0 Å². The van der Waals surface area contributed by atoms with Crippen LogP contribution in [0.25, 0.3) is 0 Å². The van der Waals surface area contributed by atoms with E-state index in [-0.39, 0.29) is 12.5 Å². The van der Waals surface area contributed by atoms with E-state index in [0.29, 0.717) is 42.8 Å². The van der Waals surface area contributed by atoms with E-state index in [4.69, 9.17) is 32.7 Å². The topological polar surface area (TPSA) is 89.0 Å². The zero-order valence-corrected chi connectivity index (χ0v) is 21.3. The fourth-order valence-electron chi connectivity index (χ4n) is 2.91. The van der Waals surface area contributed by atoms with Gasteiger partial charge in [-0.15, -0.1) is 0 Å². The molecule has 0 fully saturated rings. The van der Waals surface area contributed by atoms with Gasteiger partial charge < -0.3 is 14.8 Å². The van der Waals surface area contributed by atoms with Crippen molar-refractivity contribution in [2.24, 2.45) is 5.10 Å². The highest BCUT2D eigenvalue weighted by molar-refractivity contribution is 9.10.